The van der Waals surface area contributed by atoms with E-state index in [1.54, 1.807) is 6.07 Å². The summed E-state index contributed by atoms with van der Waals surface area (Å²) in [6.45, 7) is 4.34. The Labute approximate surface area is 106 Å². The van der Waals surface area contributed by atoms with Crippen molar-refractivity contribution in [2.75, 3.05) is 11.9 Å². The Morgan fingerprint density at radius 3 is 2.69 bits per heavy atom. The molecule has 0 N–H and O–H groups in total. The largest absolute Gasteiger partial charge is 0.372 e. The molecular weight excluding hydrogens is 269 g/mol. The molecule has 3 heteroatoms. The van der Waals surface area contributed by atoms with E-state index in [4.69, 9.17) is 0 Å². The van der Waals surface area contributed by atoms with Crippen molar-refractivity contribution in [1.82, 2.24) is 0 Å². The number of hydrogen-bond acceptors (Lipinski definition) is 1. The fourth-order valence-electron chi connectivity index (χ4n) is 1.86. The van der Waals surface area contributed by atoms with Crippen molar-refractivity contribution in [1.29, 1.82) is 0 Å². The number of nitrogens with zero attached hydrogens (tertiary/aromatic N) is 1. The van der Waals surface area contributed by atoms with Crippen LogP contribution in [0.25, 0.3) is 0 Å². The molecule has 0 aromatic heterocycles. The van der Waals surface area contributed by atoms with Gasteiger partial charge in [0.2, 0.25) is 0 Å². The Bertz CT molecular complexity index is 341. The van der Waals surface area contributed by atoms with Crippen LogP contribution in [0.4, 0.5) is 10.1 Å². The van der Waals surface area contributed by atoms with Gasteiger partial charge in [0, 0.05) is 29.7 Å². The zero-order valence-electron chi connectivity index (χ0n) is 10.1. The molecule has 0 bridgehead atoms. The van der Waals surface area contributed by atoms with Crippen LogP contribution in [0.2, 0.25) is 0 Å². The van der Waals surface area contributed by atoms with E-state index in [9.17, 15) is 4.39 Å². The molecule has 1 unspecified atom stereocenters. The van der Waals surface area contributed by atoms with E-state index in [2.05, 4.69) is 34.7 Å². The summed E-state index contributed by atoms with van der Waals surface area (Å²) in [5.74, 6) is -0.134. The van der Waals surface area contributed by atoms with Gasteiger partial charge in [-0.15, -0.1) is 0 Å². The molecule has 0 fully saturated rings. The van der Waals surface area contributed by atoms with Gasteiger partial charge in [-0.1, -0.05) is 35.3 Å². The molecule has 0 saturated heterocycles. The smallest absolute Gasteiger partial charge is 0.129 e. The first kappa shape index (κ1) is 13.5. The first-order valence-corrected chi connectivity index (χ1v) is 6.80. The van der Waals surface area contributed by atoms with E-state index in [1.165, 1.54) is 6.07 Å². The van der Waals surface area contributed by atoms with Crippen molar-refractivity contribution in [2.24, 2.45) is 0 Å². The van der Waals surface area contributed by atoms with Crippen LogP contribution in [-0.4, -0.2) is 13.1 Å². The quantitative estimate of drug-likeness (QED) is 0.728. The van der Waals surface area contributed by atoms with E-state index in [0.29, 0.717) is 11.4 Å². The van der Waals surface area contributed by atoms with Gasteiger partial charge < -0.3 is 4.90 Å². The summed E-state index contributed by atoms with van der Waals surface area (Å²) in [6.07, 6.45) is 2.26. The Morgan fingerprint density at radius 2 is 2.12 bits per heavy atom. The molecule has 0 aliphatic carbocycles. The van der Waals surface area contributed by atoms with Crippen LogP contribution in [0.1, 0.15) is 32.3 Å². The highest BCUT2D eigenvalue weighted by atomic mass is 79.9. The second-order valence-corrected chi connectivity index (χ2v) is 4.68. The molecule has 0 aliphatic rings. The summed E-state index contributed by atoms with van der Waals surface area (Å²) in [4.78, 5) is 2.16. The average Bonchev–Trinajstić information content (AvgIpc) is 2.28. The van der Waals surface area contributed by atoms with E-state index in [1.807, 2.05) is 13.1 Å². The van der Waals surface area contributed by atoms with Crippen molar-refractivity contribution >= 4 is 21.6 Å². The minimum absolute atomic E-state index is 0.134. The topological polar surface area (TPSA) is 3.24 Å². The molecule has 0 radical (unpaired) electrons. The van der Waals surface area contributed by atoms with Gasteiger partial charge in [0.15, 0.2) is 0 Å². The molecule has 1 aromatic carbocycles. The van der Waals surface area contributed by atoms with Gasteiger partial charge in [-0.25, -0.2) is 4.39 Å². The maximum Gasteiger partial charge on any atom is 0.129 e. The molecule has 1 rings (SSSR count). The predicted octanol–water partition coefficient (Wildman–Crippen LogP) is 4.35. The van der Waals surface area contributed by atoms with Crippen molar-refractivity contribution in [3.05, 3.63) is 29.6 Å². The van der Waals surface area contributed by atoms with E-state index in [-0.39, 0.29) is 5.82 Å². The number of anilines is 1. The third kappa shape index (κ3) is 2.97. The zero-order valence-corrected chi connectivity index (χ0v) is 11.7. The maximum atomic E-state index is 13.6. The third-order valence-electron chi connectivity index (χ3n) is 2.98. The highest BCUT2D eigenvalue weighted by Crippen LogP contribution is 2.26. The SMILES string of the molecule is CCCC(C)N(C)c1cccc(F)c1CBr. The monoisotopic (exact) mass is 287 g/mol. The van der Waals surface area contributed by atoms with Crippen LogP contribution in [0.15, 0.2) is 18.2 Å². The Morgan fingerprint density at radius 1 is 1.44 bits per heavy atom. The van der Waals surface area contributed by atoms with Crippen LogP contribution in [-0.2, 0) is 5.33 Å². The van der Waals surface area contributed by atoms with Gasteiger partial charge >= 0.3 is 0 Å². The Balaban J connectivity index is 2.98. The van der Waals surface area contributed by atoms with E-state index < -0.39 is 0 Å². The molecule has 1 aromatic rings. The normalized spacial score (nSPS) is 12.6. The van der Waals surface area contributed by atoms with Gasteiger partial charge in [0.25, 0.3) is 0 Å². The average molecular weight is 288 g/mol. The lowest BCUT2D eigenvalue weighted by Gasteiger charge is -2.28. The number of halogens is 2. The lowest BCUT2D eigenvalue weighted by molar-refractivity contribution is 0.599. The van der Waals surface area contributed by atoms with Crippen LogP contribution in [0.5, 0.6) is 0 Å². The summed E-state index contributed by atoms with van der Waals surface area (Å²) in [7, 11) is 2.03. The summed E-state index contributed by atoms with van der Waals surface area (Å²) >= 11 is 3.35. The fourth-order valence-corrected chi connectivity index (χ4v) is 2.41. The van der Waals surface area contributed by atoms with Crippen LogP contribution in [0.3, 0.4) is 0 Å². The first-order chi connectivity index (χ1) is 7.61. The van der Waals surface area contributed by atoms with Gasteiger partial charge in [-0.3, -0.25) is 0 Å². The molecule has 1 atom stereocenters. The Hall–Kier alpha value is -0.570. The van der Waals surface area contributed by atoms with Gasteiger partial charge in [-0.2, -0.15) is 0 Å². The summed E-state index contributed by atoms with van der Waals surface area (Å²) in [6, 6.07) is 5.69. The van der Waals surface area contributed by atoms with Crippen LogP contribution < -0.4 is 4.90 Å². The molecule has 0 heterocycles. The van der Waals surface area contributed by atoms with Crippen molar-refractivity contribution in [3.63, 3.8) is 0 Å². The minimum atomic E-state index is -0.134. The molecule has 0 amide bonds. The molecular formula is C13H19BrFN. The molecule has 90 valence electrons. The van der Waals surface area contributed by atoms with Crippen LogP contribution >= 0.6 is 15.9 Å². The van der Waals surface area contributed by atoms with Crippen LogP contribution in [0, 0.1) is 5.82 Å². The third-order valence-corrected chi connectivity index (χ3v) is 3.54. The first-order valence-electron chi connectivity index (χ1n) is 5.68. The lowest BCUT2D eigenvalue weighted by Crippen LogP contribution is -2.29. The summed E-state index contributed by atoms with van der Waals surface area (Å²) in [5, 5.41) is 0.554. The minimum Gasteiger partial charge on any atom is -0.372 e. The predicted molar refractivity (Wildman–Crippen MR) is 71.8 cm³/mol. The highest BCUT2D eigenvalue weighted by Gasteiger charge is 2.14. The number of alkyl halides is 1. The second kappa shape index (κ2) is 6.24. The van der Waals surface area contributed by atoms with E-state index in [0.717, 1.165) is 24.1 Å². The van der Waals surface area contributed by atoms with Crippen molar-refractivity contribution in [2.45, 2.75) is 38.1 Å². The molecule has 0 aliphatic heterocycles. The van der Waals surface area contributed by atoms with Gasteiger partial charge in [-0.05, 0) is 25.5 Å². The maximum absolute atomic E-state index is 13.6. The number of rotatable bonds is 5. The zero-order chi connectivity index (χ0) is 12.1. The number of hydrogen-bond donors (Lipinski definition) is 0. The second-order valence-electron chi connectivity index (χ2n) is 4.12. The molecule has 1 nitrogen and oxygen atoms in total. The fraction of sp³-hybridized carbons (Fsp3) is 0.538. The Kier molecular flexibility index (Phi) is 5.26. The standard InChI is InChI=1S/C13H19BrFN/c1-4-6-10(2)16(3)13-8-5-7-12(15)11(13)9-14/h5,7-8,10H,4,6,9H2,1-3H3. The number of benzene rings is 1. The van der Waals surface area contributed by atoms with Gasteiger partial charge in [0.05, 0.1) is 0 Å². The van der Waals surface area contributed by atoms with Crippen molar-refractivity contribution in [3.8, 4) is 0 Å². The van der Waals surface area contributed by atoms with E-state index >= 15 is 0 Å². The molecule has 0 saturated carbocycles. The summed E-state index contributed by atoms with van der Waals surface area (Å²) in [5.41, 5.74) is 1.73. The highest BCUT2D eigenvalue weighted by molar-refractivity contribution is 9.08. The van der Waals surface area contributed by atoms with Gasteiger partial charge in [0.1, 0.15) is 5.82 Å². The lowest BCUT2D eigenvalue weighted by atomic mass is 10.1. The van der Waals surface area contributed by atoms with Crippen molar-refractivity contribution < 1.29 is 4.39 Å². The molecule has 16 heavy (non-hydrogen) atoms. The summed E-state index contributed by atoms with van der Waals surface area (Å²) < 4.78 is 13.6. The molecule has 0 spiro atoms.